The van der Waals surface area contributed by atoms with Crippen molar-refractivity contribution in [2.75, 3.05) is 23.4 Å². The van der Waals surface area contributed by atoms with Crippen LogP contribution in [-0.4, -0.2) is 41.8 Å². The molecule has 1 saturated heterocycles. The van der Waals surface area contributed by atoms with Crippen molar-refractivity contribution in [3.05, 3.63) is 29.3 Å². The fraction of sp³-hybridized carbons (Fsp3) is 0.357. The van der Waals surface area contributed by atoms with Gasteiger partial charge in [0.05, 0.1) is 11.1 Å². The van der Waals surface area contributed by atoms with Gasteiger partial charge in [-0.25, -0.2) is 0 Å². The average molecular weight is 305 g/mol. The molecule has 21 heavy (non-hydrogen) atoms. The molecule has 2 aliphatic heterocycles. The Morgan fingerprint density at radius 1 is 1.29 bits per heavy atom. The topological polar surface area (TPSA) is 87.3 Å². The van der Waals surface area contributed by atoms with Crippen LogP contribution in [0.3, 0.4) is 0 Å². The lowest BCUT2D eigenvalue weighted by atomic mass is 10.1. The van der Waals surface area contributed by atoms with Gasteiger partial charge in [0, 0.05) is 36.2 Å². The molecule has 7 heteroatoms. The maximum absolute atomic E-state index is 12.0. The second-order valence-corrected chi connectivity index (χ2v) is 6.17. The van der Waals surface area contributed by atoms with Crippen LogP contribution in [0.25, 0.3) is 0 Å². The van der Waals surface area contributed by atoms with Crippen LogP contribution in [0.2, 0.25) is 0 Å². The van der Waals surface area contributed by atoms with Gasteiger partial charge in [-0.1, -0.05) is 0 Å². The summed E-state index contributed by atoms with van der Waals surface area (Å²) in [5, 5.41) is 8.30. The fourth-order valence-corrected chi connectivity index (χ4v) is 3.38. The molecule has 0 spiro atoms. The molecule has 1 aromatic carbocycles. The first kappa shape index (κ1) is 14.1. The summed E-state index contributed by atoms with van der Waals surface area (Å²) in [4.78, 5) is 35.0. The lowest BCUT2D eigenvalue weighted by Gasteiger charge is -2.22. The lowest BCUT2D eigenvalue weighted by molar-refractivity contribution is -0.116. The van der Waals surface area contributed by atoms with Gasteiger partial charge in [0.25, 0.3) is 11.8 Å². The van der Waals surface area contributed by atoms with Crippen molar-refractivity contribution < 1.29 is 14.4 Å². The molecule has 0 bridgehead atoms. The van der Waals surface area contributed by atoms with E-state index >= 15 is 0 Å². The second-order valence-electron chi connectivity index (χ2n) is 5.02. The molecule has 3 N–H and O–H groups in total. The Hall–Kier alpha value is -1.86. The van der Waals surface area contributed by atoms with E-state index in [0.29, 0.717) is 23.2 Å². The van der Waals surface area contributed by atoms with E-state index in [1.165, 1.54) is 6.07 Å². The van der Waals surface area contributed by atoms with E-state index in [9.17, 15) is 14.4 Å². The van der Waals surface area contributed by atoms with Gasteiger partial charge in [0.2, 0.25) is 5.91 Å². The van der Waals surface area contributed by atoms with Gasteiger partial charge in [0.1, 0.15) is 0 Å². The quantitative estimate of drug-likeness (QED) is 0.712. The zero-order chi connectivity index (χ0) is 14.8. The lowest BCUT2D eigenvalue weighted by Crippen LogP contribution is -2.39. The van der Waals surface area contributed by atoms with Gasteiger partial charge >= 0.3 is 0 Å². The molecular formula is C14H15N3O3S. The molecule has 3 rings (SSSR count). The zero-order valence-corrected chi connectivity index (χ0v) is 12.1. The number of nitrogens with one attached hydrogen (secondary N) is 3. The number of carbonyl (C=O) groups is 3. The molecule has 0 aliphatic carbocycles. The summed E-state index contributed by atoms with van der Waals surface area (Å²) in [5.41, 5.74) is 1.19. The van der Waals surface area contributed by atoms with Crippen LogP contribution < -0.4 is 16.0 Å². The van der Waals surface area contributed by atoms with Gasteiger partial charge in [-0.15, -0.1) is 0 Å². The highest BCUT2D eigenvalue weighted by molar-refractivity contribution is 7.99. The normalized spacial score (nSPS) is 20.9. The van der Waals surface area contributed by atoms with Gasteiger partial charge in [-0.05, 0) is 18.2 Å². The molecule has 1 aromatic rings. The van der Waals surface area contributed by atoms with E-state index in [4.69, 9.17) is 0 Å². The van der Waals surface area contributed by atoms with Crippen LogP contribution in [0.15, 0.2) is 18.2 Å². The molecule has 1 unspecified atom stereocenters. The van der Waals surface area contributed by atoms with E-state index in [1.807, 2.05) is 11.8 Å². The van der Waals surface area contributed by atoms with Gasteiger partial charge in [0.15, 0.2) is 0 Å². The minimum Gasteiger partial charge on any atom is -0.326 e. The fourth-order valence-electron chi connectivity index (χ4n) is 2.43. The van der Waals surface area contributed by atoms with E-state index in [-0.39, 0.29) is 11.9 Å². The number of anilines is 1. The number of fused-ring (bicyclic) bond motifs is 1. The Bertz CT molecular complexity index is 611. The summed E-state index contributed by atoms with van der Waals surface area (Å²) in [5.74, 6) is 1.09. The van der Waals surface area contributed by atoms with Crippen LogP contribution in [0.1, 0.15) is 27.1 Å². The Morgan fingerprint density at radius 3 is 2.86 bits per heavy atom. The SMILES string of the molecule is O=C(CC1CSCCN1)Nc1ccc2c(c1)C(=O)NC2=O. The average Bonchev–Trinajstić information content (AvgIpc) is 2.74. The molecule has 0 radical (unpaired) electrons. The van der Waals surface area contributed by atoms with Crippen molar-refractivity contribution in [3.8, 4) is 0 Å². The van der Waals surface area contributed by atoms with Gasteiger partial charge < -0.3 is 10.6 Å². The molecular weight excluding hydrogens is 290 g/mol. The maximum Gasteiger partial charge on any atom is 0.259 e. The molecule has 1 fully saturated rings. The van der Waals surface area contributed by atoms with Crippen molar-refractivity contribution in [2.24, 2.45) is 0 Å². The summed E-state index contributed by atoms with van der Waals surface area (Å²) in [6, 6.07) is 4.91. The van der Waals surface area contributed by atoms with Gasteiger partial charge in [-0.2, -0.15) is 11.8 Å². The molecule has 110 valence electrons. The monoisotopic (exact) mass is 305 g/mol. The standard InChI is InChI=1S/C14H15N3O3S/c18-12(6-9-7-21-4-3-15-9)16-8-1-2-10-11(5-8)14(20)17-13(10)19/h1-2,5,9,15H,3-4,6-7H2,(H,16,18)(H,17,19,20). The first-order valence-corrected chi connectivity index (χ1v) is 7.89. The third kappa shape index (κ3) is 3.08. The number of hydrogen-bond donors (Lipinski definition) is 3. The predicted molar refractivity (Wildman–Crippen MR) is 80.6 cm³/mol. The number of amides is 3. The Morgan fingerprint density at radius 2 is 2.10 bits per heavy atom. The summed E-state index contributed by atoms with van der Waals surface area (Å²) in [6.45, 7) is 0.920. The molecule has 3 amide bonds. The van der Waals surface area contributed by atoms with Crippen molar-refractivity contribution in [1.29, 1.82) is 0 Å². The Kier molecular flexibility index (Phi) is 3.94. The molecule has 2 aliphatic rings. The first-order chi connectivity index (χ1) is 10.1. The van der Waals surface area contributed by atoms with Crippen LogP contribution in [0.4, 0.5) is 5.69 Å². The van der Waals surface area contributed by atoms with Crippen molar-refractivity contribution in [3.63, 3.8) is 0 Å². The minimum absolute atomic E-state index is 0.0975. The van der Waals surface area contributed by atoms with Crippen molar-refractivity contribution >= 4 is 35.2 Å². The number of benzene rings is 1. The predicted octanol–water partition coefficient (Wildman–Crippen LogP) is 0.604. The van der Waals surface area contributed by atoms with Crippen molar-refractivity contribution in [1.82, 2.24) is 10.6 Å². The van der Waals surface area contributed by atoms with E-state index in [2.05, 4.69) is 16.0 Å². The second kappa shape index (κ2) is 5.87. The Balaban J connectivity index is 1.65. The smallest absolute Gasteiger partial charge is 0.259 e. The number of imide groups is 1. The highest BCUT2D eigenvalue weighted by Gasteiger charge is 2.27. The number of thioether (sulfide) groups is 1. The number of rotatable bonds is 3. The maximum atomic E-state index is 12.0. The Labute approximate surface area is 126 Å². The highest BCUT2D eigenvalue weighted by Crippen LogP contribution is 2.20. The van der Waals surface area contributed by atoms with E-state index in [1.54, 1.807) is 12.1 Å². The minimum atomic E-state index is -0.420. The van der Waals surface area contributed by atoms with Gasteiger partial charge in [-0.3, -0.25) is 19.7 Å². The third-order valence-electron chi connectivity index (χ3n) is 3.45. The van der Waals surface area contributed by atoms with Crippen LogP contribution >= 0.6 is 11.8 Å². The van der Waals surface area contributed by atoms with E-state index < -0.39 is 11.8 Å². The van der Waals surface area contributed by atoms with Crippen LogP contribution in [0, 0.1) is 0 Å². The molecule has 0 aromatic heterocycles. The first-order valence-electron chi connectivity index (χ1n) is 6.74. The highest BCUT2D eigenvalue weighted by atomic mass is 32.2. The van der Waals surface area contributed by atoms with Crippen LogP contribution in [-0.2, 0) is 4.79 Å². The molecule has 2 heterocycles. The number of carbonyl (C=O) groups excluding carboxylic acids is 3. The van der Waals surface area contributed by atoms with Crippen molar-refractivity contribution in [2.45, 2.75) is 12.5 Å². The summed E-state index contributed by atoms with van der Waals surface area (Å²) >= 11 is 1.84. The zero-order valence-electron chi connectivity index (χ0n) is 11.3. The molecule has 1 atom stereocenters. The largest absolute Gasteiger partial charge is 0.326 e. The summed E-state index contributed by atoms with van der Waals surface area (Å²) < 4.78 is 0. The molecule has 0 saturated carbocycles. The van der Waals surface area contributed by atoms with Crippen LogP contribution in [0.5, 0.6) is 0 Å². The summed E-state index contributed by atoms with van der Waals surface area (Å²) in [7, 11) is 0. The number of hydrogen-bond acceptors (Lipinski definition) is 5. The van der Waals surface area contributed by atoms with E-state index in [0.717, 1.165) is 18.1 Å². The third-order valence-corrected chi connectivity index (χ3v) is 4.58. The summed E-state index contributed by atoms with van der Waals surface area (Å²) in [6.07, 6.45) is 0.398. The molecule has 6 nitrogen and oxygen atoms in total.